The molecule has 0 saturated carbocycles. The minimum absolute atomic E-state index is 0. The van der Waals surface area contributed by atoms with Crippen molar-refractivity contribution in [3.05, 3.63) is 29.8 Å². The van der Waals surface area contributed by atoms with Crippen molar-refractivity contribution in [1.29, 1.82) is 0 Å². The molecule has 3 radical (unpaired) electrons. The molecule has 0 aliphatic heterocycles. The van der Waals surface area contributed by atoms with E-state index in [1.165, 1.54) is 5.56 Å². The predicted molar refractivity (Wildman–Crippen MR) is 65.5 cm³/mol. The molecule has 1 N–H and O–H groups in total. The van der Waals surface area contributed by atoms with Gasteiger partial charge < -0.3 is 4.89 Å². The van der Waals surface area contributed by atoms with Crippen molar-refractivity contribution < 1.29 is 4.89 Å². The minimum atomic E-state index is -1.04. The zero-order valence-corrected chi connectivity index (χ0v) is 10.2. The molecule has 1 rings (SSSR count). The first-order chi connectivity index (χ1) is 5.93. The molecule has 1 aromatic rings. The highest BCUT2D eigenvalue weighted by Crippen LogP contribution is 2.44. The predicted octanol–water partition coefficient (Wildman–Crippen LogP) is 2.43. The van der Waals surface area contributed by atoms with Gasteiger partial charge in [0.2, 0.25) is 0 Å². The standard InChI is InChI=1S/C11H17OP.B/c1-9-7-5-6-8-10(9)13(12)11(2,3)4;/h5-8,12H,1-4H3;/t13-;/m1./s1. The molecule has 0 saturated heterocycles. The Bertz CT molecular complexity index is 294. The summed E-state index contributed by atoms with van der Waals surface area (Å²) in [5, 5.41) is 1.08. The Morgan fingerprint density at radius 3 is 2.07 bits per heavy atom. The van der Waals surface area contributed by atoms with Crippen LogP contribution in [0.3, 0.4) is 0 Å². The van der Waals surface area contributed by atoms with Crippen molar-refractivity contribution in [2.45, 2.75) is 32.9 Å². The second-order valence-electron chi connectivity index (χ2n) is 4.27. The average Bonchev–Trinajstić information content (AvgIpc) is 2.02. The summed E-state index contributed by atoms with van der Waals surface area (Å²) in [5.74, 6) is 0. The van der Waals surface area contributed by atoms with Gasteiger partial charge in [0.1, 0.15) is 0 Å². The molecule has 0 bridgehead atoms. The summed E-state index contributed by atoms with van der Waals surface area (Å²) in [6.07, 6.45) is 0. The molecule has 3 heteroatoms. The third kappa shape index (κ3) is 3.11. The fraction of sp³-hybridized carbons (Fsp3) is 0.455. The topological polar surface area (TPSA) is 20.2 Å². The first-order valence-corrected chi connectivity index (χ1v) is 5.77. The SMILES string of the molecule is Cc1ccccc1[P@@](O)C(C)(C)C.[B]. The Hall–Kier alpha value is -0.325. The van der Waals surface area contributed by atoms with E-state index in [1.807, 2.05) is 31.2 Å². The Kier molecular flexibility index (Phi) is 4.84. The van der Waals surface area contributed by atoms with Crippen molar-refractivity contribution in [1.82, 2.24) is 0 Å². The lowest BCUT2D eigenvalue weighted by Gasteiger charge is -2.26. The summed E-state index contributed by atoms with van der Waals surface area (Å²) >= 11 is 0. The van der Waals surface area contributed by atoms with Crippen LogP contribution < -0.4 is 5.30 Å². The van der Waals surface area contributed by atoms with Gasteiger partial charge >= 0.3 is 0 Å². The van der Waals surface area contributed by atoms with Crippen molar-refractivity contribution in [2.24, 2.45) is 0 Å². The highest BCUT2D eigenvalue weighted by molar-refractivity contribution is 7.61. The van der Waals surface area contributed by atoms with E-state index < -0.39 is 8.15 Å². The van der Waals surface area contributed by atoms with Gasteiger partial charge in [-0.1, -0.05) is 45.0 Å². The van der Waals surface area contributed by atoms with Crippen molar-refractivity contribution in [2.75, 3.05) is 0 Å². The summed E-state index contributed by atoms with van der Waals surface area (Å²) in [5.41, 5.74) is 1.19. The molecule has 0 heterocycles. The first-order valence-electron chi connectivity index (χ1n) is 4.47. The van der Waals surface area contributed by atoms with E-state index in [0.717, 1.165) is 5.30 Å². The minimum Gasteiger partial charge on any atom is -0.368 e. The van der Waals surface area contributed by atoms with E-state index in [0.29, 0.717) is 0 Å². The van der Waals surface area contributed by atoms with Crippen LogP contribution in [-0.4, -0.2) is 18.5 Å². The largest absolute Gasteiger partial charge is 0.368 e. The van der Waals surface area contributed by atoms with E-state index in [4.69, 9.17) is 0 Å². The molecule has 0 unspecified atom stereocenters. The maximum absolute atomic E-state index is 10.1. The Morgan fingerprint density at radius 1 is 1.14 bits per heavy atom. The molecule has 0 fully saturated rings. The third-order valence-corrected chi connectivity index (χ3v) is 4.21. The first kappa shape index (κ1) is 13.7. The van der Waals surface area contributed by atoms with Crippen molar-refractivity contribution in [3.63, 3.8) is 0 Å². The van der Waals surface area contributed by atoms with Gasteiger partial charge in [-0.05, 0) is 12.5 Å². The van der Waals surface area contributed by atoms with Gasteiger partial charge in [-0.2, -0.15) is 0 Å². The fourth-order valence-corrected chi connectivity index (χ4v) is 2.52. The van der Waals surface area contributed by atoms with Crippen LogP contribution >= 0.6 is 8.15 Å². The summed E-state index contributed by atoms with van der Waals surface area (Å²) in [7, 11) is -1.04. The van der Waals surface area contributed by atoms with Crippen LogP contribution in [0.5, 0.6) is 0 Å². The molecule has 14 heavy (non-hydrogen) atoms. The van der Waals surface area contributed by atoms with Gasteiger partial charge in [-0.25, -0.2) is 0 Å². The van der Waals surface area contributed by atoms with Gasteiger partial charge in [-0.15, -0.1) is 0 Å². The fourth-order valence-electron chi connectivity index (χ4n) is 1.16. The van der Waals surface area contributed by atoms with E-state index >= 15 is 0 Å². The normalized spacial score (nSPS) is 13.2. The summed E-state index contributed by atoms with van der Waals surface area (Å²) < 4.78 is 0. The highest BCUT2D eigenvalue weighted by Gasteiger charge is 2.24. The summed E-state index contributed by atoms with van der Waals surface area (Å²) in [6, 6.07) is 8.06. The number of benzene rings is 1. The Morgan fingerprint density at radius 2 is 1.64 bits per heavy atom. The molecule has 1 aromatic carbocycles. The molecule has 0 amide bonds. The molecule has 75 valence electrons. The third-order valence-electron chi connectivity index (χ3n) is 1.98. The van der Waals surface area contributed by atoms with Gasteiger partial charge in [0.15, 0.2) is 0 Å². The molecule has 1 nitrogen and oxygen atoms in total. The number of aryl methyl sites for hydroxylation is 1. The molecule has 0 aromatic heterocycles. The lowest BCUT2D eigenvalue weighted by molar-refractivity contribution is 0.588. The smallest absolute Gasteiger partial charge is 0.0621 e. The maximum Gasteiger partial charge on any atom is 0.0621 e. The van der Waals surface area contributed by atoms with Crippen LogP contribution in [0.2, 0.25) is 0 Å². The van der Waals surface area contributed by atoms with E-state index in [1.54, 1.807) is 0 Å². The van der Waals surface area contributed by atoms with Crippen LogP contribution in [0.1, 0.15) is 26.3 Å². The van der Waals surface area contributed by atoms with Gasteiger partial charge in [0, 0.05) is 18.9 Å². The summed E-state index contributed by atoms with van der Waals surface area (Å²) in [4.78, 5) is 10.1. The second kappa shape index (κ2) is 4.95. The van der Waals surface area contributed by atoms with E-state index in [9.17, 15) is 4.89 Å². The van der Waals surface area contributed by atoms with Gasteiger partial charge in [0.25, 0.3) is 0 Å². The van der Waals surface area contributed by atoms with Crippen LogP contribution in [0.25, 0.3) is 0 Å². The Balaban J connectivity index is 0.00000169. The van der Waals surface area contributed by atoms with Gasteiger partial charge in [0.05, 0.1) is 8.15 Å². The zero-order chi connectivity index (χ0) is 10.1. The maximum atomic E-state index is 10.1. The van der Waals surface area contributed by atoms with Crippen molar-refractivity contribution >= 4 is 21.9 Å². The van der Waals surface area contributed by atoms with Crippen LogP contribution in [0.15, 0.2) is 24.3 Å². The van der Waals surface area contributed by atoms with E-state index in [-0.39, 0.29) is 13.6 Å². The van der Waals surface area contributed by atoms with E-state index in [2.05, 4.69) is 20.8 Å². The molecule has 0 spiro atoms. The molecule has 0 aliphatic carbocycles. The zero-order valence-electron chi connectivity index (χ0n) is 9.28. The quantitative estimate of drug-likeness (QED) is 0.553. The van der Waals surface area contributed by atoms with Crippen LogP contribution in [0, 0.1) is 6.92 Å². The summed E-state index contributed by atoms with van der Waals surface area (Å²) in [6.45, 7) is 8.27. The highest BCUT2D eigenvalue weighted by atomic mass is 31.1. The molecular weight excluding hydrogens is 190 g/mol. The monoisotopic (exact) mass is 207 g/mol. The Labute approximate surface area is 90.0 Å². The number of hydrogen-bond donors (Lipinski definition) is 1. The second-order valence-corrected chi connectivity index (χ2v) is 6.72. The van der Waals surface area contributed by atoms with Crippen LogP contribution in [-0.2, 0) is 0 Å². The molecular formula is C11H17BOP. The number of rotatable bonds is 1. The van der Waals surface area contributed by atoms with Crippen molar-refractivity contribution in [3.8, 4) is 0 Å². The van der Waals surface area contributed by atoms with Gasteiger partial charge in [-0.3, -0.25) is 0 Å². The lowest BCUT2D eigenvalue weighted by Crippen LogP contribution is -2.20. The lowest BCUT2D eigenvalue weighted by atomic mass is 10.2. The van der Waals surface area contributed by atoms with Crippen LogP contribution in [0.4, 0.5) is 0 Å². The molecule has 0 aliphatic rings. The number of hydrogen-bond acceptors (Lipinski definition) is 1. The average molecular weight is 207 g/mol. The molecule has 1 atom stereocenters.